The van der Waals surface area contributed by atoms with Gasteiger partial charge in [0.25, 0.3) is 5.56 Å². The van der Waals surface area contributed by atoms with Gasteiger partial charge >= 0.3 is 0 Å². The van der Waals surface area contributed by atoms with E-state index in [0.717, 1.165) is 6.54 Å². The lowest BCUT2D eigenvalue weighted by Gasteiger charge is -2.27. The first kappa shape index (κ1) is 15.8. The molecule has 0 amide bonds. The summed E-state index contributed by atoms with van der Waals surface area (Å²) in [5.41, 5.74) is 0.489. The second-order valence-corrected chi connectivity index (χ2v) is 6.17. The van der Waals surface area contributed by atoms with Gasteiger partial charge in [-0.2, -0.15) is 5.10 Å². The first-order chi connectivity index (χ1) is 8.77. The first-order valence-electron chi connectivity index (χ1n) is 6.37. The molecule has 0 fully saturated rings. The number of allylic oxidation sites excluding steroid dienone is 1. The number of rotatable bonds is 5. The van der Waals surface area contributed by atoms with E-state index in [1.165, 1.54) is 4.68 Å². The quantitative estimate of drug-likeness (QED) is 0.844. The summed E-state index contributed by atoms with van der Waals surface area (Å²) in [5, 5.41) is 7.43. The third-order valence-electron chi connectivity index (χ3n) is 3.36. The molecular formula is C14H22ClN3O. The van der Waals surface area contributed by atoms with Crippen LogP contribution < -0.4 is 10.9 Å². The average Bonchev–Trinajstić information content (AvgIpc) is 2.32. The zero-order chi connectivity index (χ0) is 14.6. The zero-order valence-corrected chi connectivity index (χ0v) is 12.8. The van der Waals surface area contributed by atoms with Gasteiger partial charge in [0.2, 0.25) is 0 Å². The Morgan fingerprint density at radius 2 is 2.21 bits per heavy atom. The molecule has 5 heteroatoms. The highest BCUT2D eigenvalue weighted by atomic mass is 35.5. The molecule has 1 aromatic rings. The van der Waals surface area contributed by atoms with Crippen molar-refractivity contribution in [2.24, 2.45) is 11.3 Å². The topological polar surface area (TPSA) is 46.9 Å². The Labute approximate surface area is 119 Å². The molecule has 106 valence electrons. The van der Waals surface area contributed by atoms with Gasteiger partial charge in [-0.15, -0.1) is 6.58 Å². The molecule has 1 N–H and O–H groups in total. The van der Waals surface area contributed by atoms with Gasteiger partial charge in [-0.3, -0.25) is 4.79 Å². The van der Waals surface area contributed by atoms with Crippen LogP contribution in [0.2, 0.25) is 5.02 Å². The molecule has 0 aliphatic rings. The lowest BCUT2D eigenvalue weighted by Crippen LogP contribution is -2.27. The van der Waals surface area contributed by atoms with Gasteiger partial charge in [-0.1, -0.05) is 45.4 Å². The van der Waals surface area contributed by atoms with Crippen LogP contribution in [0.25, 0.3) is 0 Å². The Balaban J connectivity index is 2.84. The average molecular weight is 284 g/mol. The molecule has 0 spiro atoms. The fraction of sp³-hybridized carbons (Fsp3) is 0.571. The van der Waals surface area contributed by atoms with Crippen LogP contribution in [-0.2, 0) is 6.54 Å². The van der Waals surface area contributed by atoms with Crippen LogP contribution in [0.4, 0.5) is 5.69 Å². The third-order valence-corrected chi connectivity index (χ3v) is 3.73. The van der Waals surface area contributed by atoms with Crippen molar-refractivity contribution in [1.29, 1.82) is 0 Å². The maximum Gasteiger partial charge on any atom is 0.287 e. The number of halogens is 1. The molecule has 1 heterocycles. The zero-order valence-electron chi connectivity index (χ0n) is 12.0. The minimum absolute atomic E-state index is 0.179. The molecule has 1 aromatic heterocycles. The van der Waals surface area contributed by atoms with Crippen molar-refractivity contribution in [3.63, 3.8) is 0 Å². The van der Waals surface area contributed by atoms with E-state index in [1.807, 2.05) is 0 Å². The van der Waals surface area contributed by atoms with Crippen LogP contribution in [0.5, 0.6) is 0 Å². The summed E-state index contributed by atoms with van der Waals surface area (Å²) in [6, 6.07) is 0. The molecule has 0 saturated carbocycles. The van der Waals surface area contributed by atoms with Crippen molar-refractivity contribution in [2.75, 3.05) is 11.9 Å². The summed E-state index contributed by atoms with van der Waals surface area (Å²) >= 11 is 6.06. The van der Waals surface area contributed by atoms with Crippen LogP contribution in [0, 0.1) is 11.3 Å². The standard InChI is InChI=1S/C14H22ClN3O/c1-6-7-18-13(19)12(15)11(9-17-18)16-8-10(2)14(3,4)5/h6,9-10,16H,1,7-8H2,2-5H3. The number of hydrogen-bond acceptors (Lipinski definition) is 3. The van der Waals surface area contributed by atoms with Crippen LogP contribution in [-0.4, -0.2) is 16.3 Å². The Bertz CT molecular complexity index is 502. The summed E-state index contributed by atoms with van der Waals surface area (Å²) in [6.45, 7) is 13.4. The van der Waals surface area contributed by atoms with Crippen LogP contribution >= 0.6 is 11.6 Å². The van der Waals surface area contributed by atoms with E-state index >= 15 is 0 Å². The molecule has 4 nitrogen and oxygen atoms in total. The van der Waals surface area contributed by atoms with E-state index in [4.69, 9.17) is 11.6 Å². The maximum absolute atomic E-state index is 11.9. The highest BCUT2D eigenvalue weighted by molar-refractivity contribution is 6.32. The predicted molar refractivity (Wildman–Crippen MR) is 80.8 cm³/mol. The highest BCUT2D eigenvalue weighted by Crippen LogP contribution is 2.26. The van der Waals surface area contributed by atoms with Gasteiger partial charge in [-0.05, 0) is 11.3 Å². The predicted octanol–water partition coefficient (Wildman–Crippen LogP) is 3.18. The largest absolute Gasteiger partial charge is 0.382 e. The summed E-state index contributed by atoms with van der Waals surface area (Å²) < 4.78 is 1.29. The molecule has 1 rings (SSSR count). The van der Waals surface area contributed by atoms with Crippen molar-refractivity contribution in [3.05, 3.63) is 34.2 Å². The molecule has 0 aliphatic carbocycles. The fourth-order valence-corrected chi connectivity index (χ4v) is 1.62. The number of nitrogens with one attached hydrogen (secondary N) is 1. The minimum atomic E-state index is -0.296. The number of aromatic nitrogens is 2. The molecule has 0 bridgehead atoms. The van der Waals surface area contributed by atoms with E-state index in [9.17, 15) is 4.79 Å². The molecule has 0 saturated heterocycles. The molecule has 0 aromatic carbocycles. The van der Waals surface area contributed by atoms with E-state index < -0.39 is 0 Å². The smallest absolute Gasteiger partial charge is 0.287 e. The van der Waals surface area contributed by atoms with Crippen LogP contribution in [0.3, 0.4) is 0 Å². The Kier molecular flexibility index (Phi) is 5.18. The van der Waals surface area contributed by atoms with E-state index in [1.54, 1.807) is 12.3 Å². The Hall–Kier alpha value is -1.29. The molecule has 1 unspecified atom stereocenters. The third kappa shape index (κ3) is 4.10. The number of hydrogen-bond donors (Lipinski definition) is 1. The van der Waals surface area contributed by atoms with E-state index in [-0.39, 0.29) is 16.0 Å². The van der Waals surface area contributed by atoms with Gasteiger partial charge in [0.1, 0.15) is 5.02 Å². The second kappa shape index (κ2) is 6.24. The monoisotopic (exact) mass is 283 g/mol. The highest BCUT2D eigenvalue weighted by Gasteiger charge is 2.20. The van der Waals surface area contributed by atoms with Gasteiger partial charge in [0, 0.05) is 6.54 Å². The fourth-order valence-electron chi connectivity index (χ4n) is 1.41. The number of nitrogens with zero attached hydrogens (tertiary/aromatic N) is 2. The van der Waals surface area contributed by atoms with Gasteiger partial charge in [0.05, 0.1) is 18.4 Å². The lowest BCUT2D eigenvalue weighted by atomic mass is 9.82. The second-order valence-electron chi connectivity index (χ2n) is 5.80. The van der Waals surface area contributed by atoms with Crippen molar-refractivity contribution in [1.82, 2.24) is 9.78 Å². The van der Waals surface area contributed by atoms with Gasteiger partial charge < -0.3 is 5.32 Å². The van der Waals surface area contributed by atoms with Gasteiger partial charge in [-0.25, -0.2) is 4.68 Å². The Morgan fingerprint density at radius 3 is 2.74 bits per heavy atom. The molecule has 0 aliphatic heterocycles. The van der Waals surface area contributed by atoms with E-state index in [0.29, 0.717) is 18.2 Å². The van der Waals surface area contributed by atoms with Crippen molar-refractivity contribution in [3.8, 4) is 0 Å². The normalized spacial score (nSPS) is 13.1. The minimum Gasteiger partial charge on any atom is -0.382 e. The van der Waals surface area contributed by atoms with Crippen LogP contribution in [0.1, 0.15) is 27.7 Å². The lowest BCUT2D eigenvalue weighted by molar-refractivity contribution is 0.274. The SMILES string of the molecule is C=CCn1ncc(NCC(C)C(C)(C)C)c(Cl)c1=O. The van der Waals surface area contributed by atoms with Crippen LogP contribution in [0.15, 0.2) is 23.6 Å². The maximum atomic E-state index is 11.9. The summed E-state index contributed by atoms with van der Waals surface area (Å²) in [5.74, 6) is 0.444. The molecule has 19 heavy (non-hydrogen) atoms. The summed E-state index contributed by atoms with van der Waals surface area (Å²) in [4.78, 5) is 11.9. The summed E-state index contributed by atoms with van der Waals surface area (Å²) in [6.07, 6.45) is 3.20. The molecule has 1 atom stereocenters. The Morgan fingerprint density at radius 1 is 1.58 bits per heavy atom. The molecular weight excluding hydrogens is 262 g/mol. The van der Waals surface area contributed by atoms with Crippen molar-refractivity contribution < 1.29 is 0 Å². The molecule has 0 radical (unpaired) electrons. The van der Waals surface area contributed by atoms with E-state index in [2.05, 4.69) is 44.7 Å². The summed E-state index contributed by atoms with van der Waals surface area (Å²) in [7, 11) is 0. The number of anilines is 1. The first-order valence-corrected chi connectivity index (χ1v) is 6.75. The van der Waals surface area contributed by atoms with Gasteiger partial charge in [0.15, 0.2) is 0 Å². The van der Waals surface area contributed by atoms with Crippen molar-refractivity contribution >= 4 is 17.3 Å². The van der Waals surface area contributed by atoms with Crippen molar-refractivity contribution in [2.45, 2.75) is 34.2 Å².